The first-order chi connectivity index (χ1) is 16.3. The Kier molecular flexibility index (Phi) is 7.44. The Labute approximate surface area is 207 Å². The fourth-order valence-corrected chi connectivity index (χ4v) is 5.64. The van der Waals surface area contributed by atoms with Crippen LogP contribution in [0.3, 0.4) is 0 Å². The van der Waals surface area contributed by atoms with Crippen molar-refractivity contribution < 1.29 is 28.9 Å². The molecule has 0 spiro atoms. The number of hydrogen-bond donors (Lipinski definition) is 3. The van der Waals surface area contributed by atoms with E-state index in [-0.39, 0.29) is 25.0 Å². The number of amidine groups is 1. The third kappa shape index (κ3) is 5.06. The van der Waals surface area contributed by atoms with Crippen LogP contribution in [0.1, 0.15) is 42.8 Å². The Morgan fingerprint density at radius 2 is 2.15 bits per heavy atom. The minimum Gasteiger partial charge on any atom is -0.481 e. The van der Waals surface area contributed by atoms with E-state index in [1.807, 2.05) is 0 Å². The van der Waals surface area contributed by atoms with Gasteiger partial charge in [-0.3, -0.25) is 9.79 Å². The van der Waals surface area contributed by atoms with Crippen LogP contribution in [0.25, 0.3) is 0 Å². The summed E-state index contributed by atoms with van der Waals surface area (Å²) >= 11 is 4.74. The maximum absolute atomic E-state index is 13.8. The molecule has 2 aromatic rings. The molecule has 34 heavy (non-hydrogen) atoms. The minimum atomic E-state index is -0.984. The number of hydrogen-bond acceptors (Lipinski definition) is 8. The molecule has 0 bridgehead atoms. The van der Waals surface area contributed by atoms with Gasteiger partial charge in [0.1, 0.15) is 11.9 Å². The zero-order valence-corrected chi connectivity index (χ0v) is 20.6. The molecule has 4 atom stereocenters. The molecular weight excluding hydrogens is 529 g/mol. The van der Waals surface area contributed by atoms with Crippen molar-refractivity contribution >= 4 is 45.0 Å². The number of benzene rings is 1. The highest BCUT2D eigenvalue weighted by Gasteiger charge is 2.41. The number of carboxylic acid groups (broad SMARTS) is 1. The second-order valence-corrected chi connectivity index (χ2v) is 9.90. The summed E-state index contributed by atoms with van der Waals surface area (Å²) in [5.41, 5.74) is 1.24. The zero-order valence-electron chi connectivity index (χ0n) is 18.2. The van der Waals surface area contributed by atoms with E-state index in [1.54, 1.807) is 24.6 Å². The van der Waals surface area contributed by atoms with Crippen molar-refractivity contribution in [3.8, 4) is 0 Å². The van der Waals surface area contributed by atoms with Crippen LogP contribution in [-0.4, -0.2) is 45.7 Å². The molecule has 2 heterocycles. The van der Waals surface area contributed by atoms with Gasteiger partial charge in [0.25, 0.3) is 0 Å². The lowest BCUT2D eigenvalue weighted by molar-refractivity contribution is -0.143. The number of aliphatic hydroxyl groups excluding tert-OH is 1. The molecule has 3 N–H and O–H groups in total. The summed E-state index contributed by atoms with van der Waals surface area (Å²) in [5.74, 6) is -2.75. The van der Waals surface area contributed by atoms with Crippen LogP contribution in [-0.2, 0) is 14.3 Å². The summed E-state index contributed by atoms with van der Waals surface area (Å²) < 4.78 is 19.6. The lowest BCUT2D eigenvalue weighted by Crippen LogP contribution is -2.35. The maximum atomic E-state index is 13.8. The number of aliphatic carboxylic acids is 1. The van der Waals surface area contributed by atoms with E-state index in [9.17, 15) is 24.2 Å². The van der Waals surface area contributed by atoms with Gasteiger partial charge in [-0.2, -0.15) is 0 Å². The number of carboxylic acids is 1. The van der Waals surface area contributed by atoms with Gasteiger partial charge in [-0.05, 0) is 49.8 Å². The standard InChI is InChI=1S/C23H23BrFN3O5S/c1-2-33-23(32)18-17(8-11-7-13(29)10-15(11)22(30)31)27-20(21-26-5-6-34-21)28-19(18)14-4-3-12(25)9-16(14)24/h3-6,9,11,13,15,19,29H,2,7-8,10H2,1H3,(H,27,28)(H,30,31). The van der Waals surface area contributed by atoms with Crippen molar-refractivity contribution in [2.75, 3.05) is 6.61 Å². The number of thiazole rings is 1. The number of nitrogens with one attached hydrogen (secondary N) is 1. The summed E-state index contributed by atoms with van der Waals surface area (Å²) in [6, 6.07) is 3.30. The van der Waals surface area contributed by atoms with Crippen LogP contribution < -0.4 is 5.32 Å². The molecule has 4 unspecified atom stereocenters. The molecule has 1 aliphatic carbocycles. The van der Waals surface area contributed by atoms with Gasteiger partial charge >= 0.3 is 11.9 Å². The van der Waals surface area contributed by atoms with E-state index in [4.69, 9.17) is 9.73 Å². The SMILES string of the molecule is CCOC(=O)C1=C(CC2CC(O)CC2C(=O)O)NC(c2nccs2)=NC1c1ccc(F)cc1Br. The molecule has 1 aliphatic heterocycles. The topological polar surface area (TPSA) is 121 Å². The summed E-state index contributed by atoms with van der Waals surface area (Å²) in [5, 5.41) is 25.4. The number of aromatic nitrogens is 1. The average molecular weight is 552 g/mol. The van der Waals surface area contributed by atoms with Gasteiger partial charge in [0, 0.05) is 21.7 Å². The molecule has 1 saturated carbocycles. The van der Waals surface area contributed by atoms with Crippen molar-refractivity contribution in [2.24, 2.45) is 16.8 Å². The van der Waals surface area contributed by atoms with Crippen LogP contribution in [0.15, 0.2) is 50.5 Å². The number of rotatable bonds is 7. The quantitative estimate of drug-likeness (QED) is 0.447. The highest BCUT2D eigenvalue weighted by atomic mass is 79.9. The van der Waals surface area contributed by atoms with Gasteiger partial charge in [0.2, 0.25) is 0 Å². The molecule has 0 amide bonds. The Morgan fingerprint density at radius 3 is 2.79 bits per heavy atom. The van der Waals surface area contributed by atoms with Crippen molar-refractivity contribution in [1.29, 1.82) is 0 Å². The Balaban J connectivity index is 1.84. The van der Waals surface area contributed by atoms with E-state index in [1.165, 1.54) is 23.5 Å². The second kappa shape index (κ2) is 10.3. The number of halogens is 2. The first kappa shape index (κ1) is 24.5. The van der Waals surface area contributed by atoms with E-state index >= 15 is 0 Å². The maximum Gasteiger partial charge on any atom is 0.338 e. The van der Waals surface area contributed by atoms with Gasteiger partial charge < -0.3 is 20.3 Å². The molecule has 0 saturated heterocycles. The third-order valence-electron chi connectivity index (χ3n) is 5.97. The van der Waals surface area contributed by atoms with E-state index in [0.717, 1.165) is 0 Å². The molecule has 1 aromatic heterocycles. The predicted octanol–water partition coefficient (Wildman–Crippen LogP) is 3.81. The number of nitrogens with zero attached hydrogens (tertiary/aromatic N) is 2. The lowest BCUT2D eigenvalue weighted by Gasteiger charge is -2.29. The first-order valence-electron chi connectivity index (χ1n) is 10.8. The molecule has 1 fully saturated rings. The molecule has 0 radical (unpaired) electrons. The van der Waals surface area contributed by atoms with E-state index in [2.05, 4.69) is 26.2 Å². The van der Waals surface area contributed by atoms with Crippen molar-refractivity contribution in [3.05, 3.63) is 61.9 Å². The van der Waals surface area contributed by atoms with Gasteiger partial charge in [-0.1, -0.05) is 22.0 Å². The predicted molar refractivity (Wildman–Crippen MR) is 127 cm³/mol. The Bertz CT molecular complexity index is 1150. The number of carbonyl (C=O) groups is 2. The van der Waals surface area contributed by atoms with Crippen LogP contribution in [0, 0.1) is 17.7 Å². The molecule has 180 valence electrons. The van der Waals surface area contributed by atoms with Crippen LogP contribution >= 0.6 is 27.3 Å². The van der Waals surface area contributed by atoms with Crippen LogP contribution in [0.2, 0.25) is 0 Å². The molecule has 8 nitrogen and oxygen atoms in total. The zero-order chi connectivity index (χ0) is 24.4. The number of carbonyl (C=O) groups excluding carboxylic acids is 1. The normalized spacial score (nSPS) is 24.5. The number of aliphatic hydroxyl groups is 1. The summed E-state index contributed by atoms with van der Waals surface area (Å²) in [6.07, 6.45) is 1.55. The first-order valence-corrected chi connectivity index (χ1v) is 12.5. The number of esters is 1. The largest absolute Gasteiger partial charge is 0.481 e. The number of allylic oxidation sites excluding steroid dienone is 1. The number of ether oxygens (including phenoxy) is 1. The molecule has 4 rings (SSSR count). The van der Waals surface area contributed by atoms with Crippen LogP contribution in [0.5, 0.6) is 0 Å². The second-order valence-electron chi connectivity index (χ2n) is 8.16. The van der Waals surface area contributed by atoms with Crippen molar-refractivity contribution in [1.82, 2.24) is 10.3 Å². The summed E-state index contributed by atoms with van der Waals surface area (Å²) in [7, 11) is 0. The Hall–Kier alpha value is -2.63. The molecule has 2 aliphatic rings. The summed E-state index contributed by atoms with van der Waals surface area (Å²) in [4.78, 5) is 34.0. The van der Waals surface area contributed by atoms with E-state index < -0.39 is 41.7 Å². The minimum absolute atomic E-state index is 0.135. The van der Waals surface area contributed by atoms with Crippen molar-refractivity contribution in [2.45, 2.75) is 38.3 Å². The highest BCUT2D eigenvalue weighted by molar-refractivity contribution is 9.10. The highest BCUT2D eigenvalue weighted by Crippen LogP contribution is 2.41. The van der Waals surface area contributed by atoms with Gasteiger partial charge in [0.05, 0.1) is 24.2 Å². The van der Waals surface area contributed by atoms with E-state index in [0.29, 0.717) is 33.0 Å². The van der Waals surface area contributed by atoms with Crippen molar-refractivity contribution in [3.63, 3.8) is 0 Å². The van der Waals surface area contributed by atoms with Gasteiger partial charge in [-0.15, -0.1) is 11.3 Å². The fourth-order valence-electron chi connectivity index (χ4n) is 4.49. The molecule has 11 heteroatoms. The third-order valence-corrected chi connectivity index (χ3v) is 7.43. The molecular formula is C23H23BrFN3O5S. The monoisotopic (exact) mass is 551 g/mol. The average Bonchev–Trinajstić information content (AvgIpc) is 3.43. The smallest absolute Gasteiger partial charge is 0.338 e. The Morgan fingerprint density at radius 1 is 1.35 bits per heavy atom. The lowest BCUT2D eigenvalue weighted by atomic mass is 9.87. The fraction of sp³-hybridized carbons (Fsp3) is 0.391. The van der Waals surface area contributed by atoms with Gasteiger partial charge in [-0.25, -0.2) is 14.2 Å². The summed E-state index contributed by atoms with van der Waals surface area (Å²) in [6.45, 7) is 1.82. The van der Waals surface area contributed by atoms with Crippen LogP contribution in [0.4, 0.5) is 4.39 Å². The molecule has 1 aromatic carbocycles. The van der Waals surface area contributed by atoms with Gasteiger partial charge in [0.15, 0.2) is 10.8 Å². The number of aliphatic imine (C=N–C) groups is 1.